The van der Waals surface area contributed by atoms with Crippen LogP contribution in [0.25, 0.3) is 5.65 Å². The van der Waals surface area contributed by atoms with E-state index in [2.05, 4.69) is 30.3 Å². The fourth-order valence-electron chi connectivity index (χ4n) is 1.75. The van der Waals surface area contributed by atoms with Crippen LogP contribution < -0.4 is 5.32 Å². The van der Waals surface area contributed by atoms with Crippen LogP contribution in [0, 0.1) is 5.92 Å². The van der Waals surface area contributed by atoms with Gasteiger partial charge in [-0.2, -0.15) is 0 Å². The number of imidazole rings is 1. The molecule has 0 aliphatic rings. The van der Waals surface area contributed by atoms with Crippen molar-refractivity contribution < 1.29 is 4.74 Å². The lowest BCUT2D eigenvalue weighted by molar-refractivity contribution is 0.111. The molecule has 98 valence electrons. The van der Waals surface area contributed by atoms with E-state index in [4.69, 9.17) is 4.74 Å². The molecule has 2 aromatic rings. The molecule has 1 N–H and O–H groups in total. The molecule has 0 saturated carbocycles. The van der Waals surface area contributed by atoms with Crippen molar-refractivity contribution in [2.45, 2.75) is 20.4 Å². The topological polar surface area (TPSA) is 38.6 Å². The van der Waals surface area contributed by atoms with Crippen molar-refractivity contribution >= 4 is 5.65 Å². The minimum Gasteiger partial charge on any atom is -0.380 e. The molecule has 0 aliphatic carbocycles. The molecule has 2 rings (SSSR count). The van der Waals surface area contributed by atoms with E-state index in [9.17, 15) is 0 Å². The summed E-state index contributed by atoms with van der Waals surface area (Å²) in [6, 6.07) is 6.01. The second-order valence-electron chi connectivity index (χ2n) is 4.84. The molecule has 18 heavy (non-hydrogen) atoms. The lowest BCUT2D eigenvalue weighted by Crippen LogP contribution is -2.20. The second-order valence-corrected chi connectivity index (χ2v) is 4.84. The predicted octanol–water partition coefficient (Wildman–Crippen LogP) is 2.10. The van der Waals surface area contributed by atoms with E-state index < -0.39 is 0 Å². The maximum atomic E-state index is 5.50. The summed E-state index contributed by atoms with van der Waals surface area (Å²) in [5.74, 6) is 0.600. The van der Waals surface area contributed by atoms with Crippen molar-refractivity contribution in [2.24, 2.45) is 5.92 Å². The van der Waals surface area contributed by atoms with E-state index in [-0.39, 0.29) is 0 Å². The first-order chi connectivity index (χ1) is 8.75. The third kappa shape index (κ3) is 3.82. The average Bonchev–Trinajstić information content (AvgIpc) is 2.75. The monoisotopic (exact) mass is 247 g/mol. The van der Waals surface area contributed by atoms with E-state index in [1.165, 1.54) is 0 Å². The molecule has 0 fully saturated rings. The second kappa shape index (κ2) is 6.52. The van der Waals surface area contributed by atoms with Gasteiger partial charge in [0, 0.05) is 32.1 Å². The zero-order valence-corrected chi connectivity index (χ0v) is 11.1. The summed E-state index contributed by atoms with van der Waals surface area (Å²) in [6.07, 6.45) is 4.06. The number of pyridine rings is 1. The van der Waals surface area contributed by atoms with Crippen LogP contribution in [0.4, 0.5) is 0 Å². The normalized spacial score (nSPS) is 11.5. The van der Waals surface area contributed by atoms with Gasteiger partial charge in [0.15, 0.2) is 0 Å². The number of hydrogen-bond acceptors (Lipinski definition) is 3. The number of nitrogens with one attached hydrogen (secondary N) is 1. The summed E-state index contributed by atoms with van der Waals surface area (Å²) in [7, 11) is 0. The van der Waals surface area contributed by atoms with Crippen molar-refractivity contribution in [1.82, 2.24) is 14.7 Å². The van der Waals surface area contributed by atoms with Gasteiger partial charge in [0.05, 0.1) is 12.3 Å². The molecule has 0 unspecified atom stereocenters. The highest BCUT2D eigenvalue weighted by atomic mass is 16.5. The third-order valence-electron chi connectivity index (χ3n) is 2.59. The average molecular weight is 247 g/mol. The Morgan fingerprint density at radius 2 is 2.28 bits per heavy atom. The zero-order chi connectivity index (χ0) is 12.8. The lowest BCUT2D eigenvalue weighted by atomic mass is 10.2. The van der Waals surface area contributed by atoms with Crippen molar-refractivity contribution in [2.75, 3.05) is 19.8 Å². The molecule has 0 radical (unpaired) electrons. The summed E-state index contributed by atoms with van der Waals surface area (Å²) in [6.45, 7) is 7.54. The van der Waals surface area contributed by atoms with Crippen molar-refractivity contribution in [3.8, 4) is 0 Å². The van der Waals surface area contributed by atoms with Crippen LogP contribution in [0.3, 0.4) is 0 Å². The van der Waals surface area contributed by atoms with E-state index in [0.717, 1.165) is 37.6 Å². The van der Waals surface area contributed by atoms with Crippen LogP contribution in [0.1, 0.15) is 19.5 Å². The molecule has 0 saturated heterocycles. The van der Waals surface area contributed by atoms with Gasteiger partial charge in [0.1, 0.15) is 5.65 Å². The largest absolute Gasteiger partial charge is 0.380 e. The highest BCUT2D eigenvalue weighted by molar-refractivity contribution is 5.39. The van der Waals surface area contributed by atoms with Gasteiger partial charge in [-0.1, -0.05) is 19.9 Å². The van der Waals surface area contributed by atoms with Crippen LogP contribution in [0.5, 0.6) is 0 Å². The molecule has 0 amide bonds. The Hall–Kier alpha value is -1.39. The zero-order valence-electron chi connectivity index (χ0n) is 11.1. The Bertz CT molecular complexity index is 446. The van der Waals surface area contributed by atoms with E-state index in [1.807, 2.05) is 28.8 Å². The number of fused-ring (bicyclic) bond motifs is 1. The Labute approximate surface area is 108 Å². The molecule has 4 heteroatoms. The number of nitrogens with zero attached hydrogens (tertiary/aromatic N) is 2. The molecule has 0 atom stereocenters. The number of ether oxygens (including phenoxy) is 1. The quantitative estimate of drug-likeness (QED) is 0.761. The predicted molar refractivity (Wildman–Crippen MR) is 72.6 cm³/mol. The van der Waals surface area contributed by atoms with E-state index in [0.29, 0.717) is 5.92 Å². The first kappa shape index (κ1) is 13.1. The molecule has 0 aliphatic heterocycles. The van der Waals surface area contributed by atoms with Gasteiger partial charge >= 0.3 is 0 Å². The fourth-order valence-corrected chi connectivity index (χ4v) is 1.75. The van der Waals surface area contributed by atoms with Crippen LogP contribution in [-0.2, 0) is 11.3 Å². The van der Waals surface area contributed by atoms with Crippen LogP contribution >= 0.6 is 0 Å². The van der Waals surface area contributed by atoms with Gasteiger partial charge in [-0.15, -0.1) is 0 Å². The summed E-state index contributed by atoms with van der Waals surface area (Å²) in [5, 5.41) is 3.34. The van der Waals surface area contributed by atoms with E-state index in [1.54, 1.807) is 0 Å². The minimum atomic E-state index is 0.600. The summed E-state index contributed by atoms with van der Waals surface area (Å²) in [4.78, 5) is 4.52. The highest BCUT2D eigenvalue weighted by Gasteiger charge is 2.00. The van der Waals surface area contributed by atoms with Crippen molar-refractivity contribution in [1.29, 1.82) is 0 Å². The molecule has 0 spiro atoms. The lowest BCUT2D eigenvalue weighted by Gasteiger charge is -2.06. The Morgan fingerprint density at radius 3 is 3.06 bits per heavy atom. The van der Waals surface area contributed by atoms with Gasteiger partial charge in [0.2, 0.25) is 0 Å². The molecule has 2 aromatic heterocycles. The fraction of sp³-hybridized carbons (Fsp3) is 0.500. The van der Waals surface area contributed by atoms with Crippen LogP contribution in [0.2, 0.25) is 0 Å². The van der Waals surface area contributed by atoms with Gasteiger partial charge in [-0.25, -0.2) is 4.98 Å². The summed E-state index contributed by atoms with van der Waals surface area (Å²) >= 11 is 0. The molecular weight excluding hydrogens is 226 g/mol. The Balaban J connectivity index is 1.70. The van der Waals surface area contributed by atoms with Gasteiger partial charge < -0.3 is 14.5 Å². The number of rotatable bonds is 7. The minimum absolute atomic E-state index is 0.600. The number of aromatic nitrogens is 2. The smallest absolute Gasteiger partial charge is 0.137 e. The number of hydrogen-bond donors (Lipinski definition) is 1. The van der Waals surface area contributed by atoms with E-state index >= 15 is 0 Å². The third-order valence-corrected chi connectivity index (χ3v) is 2.59. The molecule has 0 aromatic carbocycles. The Kier molecular flexibility index (Phi) is 4.73. The SMILES string of the molecule is CC(C)COCCNCc1cn2ccccc2n1. The summed E-state index contributed by atoms with van der Waals surface area (Å²) in [5.41, 5.74) is 2.05. The first-order valence-corrected chi connectivity index (χ1v) is 6.47. The molecular formula is C14H21N3O. The summed E-state index contributed by atoms with van der Waals surface area (Å²) < 4.78 is 7.54. The molecule has 2 heterocycles. The maximum absolute atomic E-state index is 5.50. The van der Waals surface area contributed by atoms with Crippen LogP contribution in [0.15, 0.2) is 30.6 Å². The van der Waals surface area contributed by atoms with Crippen molar-refractivity contribution in [3.05, 3.63) is 36.3 Å². The standard InChI is InChI=1S/C14H21N3O/c1-12(2)11-18-8-6-15-9-13-10-17-7-4-3-5-14(17)16-13/h3-5,7,10,12,15H,6,8-9,11H2,1-2H3. The van der Waals surface area contributed by atoms with Gasteiger partial charge in [-0.3, -0.25) is 0 Å². The van der Waals surface area contributed by atoms with Crippen molar-refractivity contribution in [3.63, 3.8) is 0 Å². The van der Waals surface area contributed by atoms with Gasteiger partial charge in [-0.05, 0) is 18.1 Å². The maximum Gasteiger partial charge on any atom is 0.137 e. The molecule has 0 bridgehead atoms. The molecule has 4 nitrogen and oxygen atoms in total. The van der Waals surface area contributed by atoms with Gasteiger partial charge in [0.25, 0.3) is 0 Å². The first-order valence-electron chi connectivity index (χ1n) is 6.47. The Morgan fingerprint density at radius 1 is 1.39 bits per heavy atom. The van der Waals surface area contributed by atoms with Crippen LogP contribution in [-0.4, -0.2) is 29.1 Å². The highest BCUT2D eigenvalue weighted by Crippen LogP contribution is 2.03.